The van der Waals surface area contributed by atoms with Crippen LogP contribution in [0.5, 0.6) is 0 Å². The van der Waals surface area contributed by atoms with E-state index in [0.717, 1.165) is 0 Å². The van der Waals surface area contributed by atoms with E-state index < -0.39 is 41.8 Å². The van der Waals surface area contributed by atoms with Crippen LogP contribution in [-0.4, -0.2) is 55.1 Å². The maximum atomic E-state index is 14.3. The van der Waals surface area contributed by atoms with Crippen LogP contribution in [0, 0.1) is 11.3 Å². The van der Waals surface area contributed by atoms with Crippen molar-refractivity contribution in [1.29, 1.82) is 0 Å². The molecule has 2 aliphatic rings. The molecule has 1 atom stereocenters. The van der Waals surface area contributed by atoms with E-state index in [9.17, 15) is 22.4 Å². The fourth-order valence-electron chi connectivity index (χ4n) is 3.98. The highest BCUT2D eigenvalue weighted by molar-refractivity contribution is 5.68. The Morgan fingerprint density at radius 2 is 1.85 bits per heavy atom. The summed E-state index contributed by atoms with van der Waals surface area (Å²) in [5, 5.41) is 3.07. The quantitative estimate of drug-likeness (QED) is 0.686. The first-order valence-electron chi connectivity index (χ1n) is 9.80. The van der Waals surface area contributed by atoms with Gasteiger partial charge in [0.05, 0.1) is 0 Å². The second kappa shape index (κ2) is 8.53. The Morgan fingerprint density at radius 3 is 2.41 bits per heavy atom. The second-order valence-electron chi connectivity index (χ2n) is 8.94. The average Bonchev–Trinajstić information content (AvgIpc) is 2.55. The molecule has 0 bridgehead atoms. The van der Waals surface area contributed by atoms with E-state index in [1.165, 1.54) is 4.90 Å². The van der Waals surface area contributed by atoms with E-state index in [1.807, 2.05) is 0 Å². The summed E-state index contributed by atoms with van der Waals surface area (Å²) in [5.41, 5.74) is -1.76. The third-order valence-electron chi connectivity index (χ3n) is 5.69. The SMILES string of the molecule is CC(C)(C)OC(=O)N1CCC(F)(F)C(CCCC2(C(F)F)CCNCC2)C1. The molecule has 27 heavy (non-hydrogen) atoms. The van der Waals surface area contributed by atoms with E-state index in [4.69, 9.17) is 4.74 Å². The predicted octanol–water partition coefficient (Wildman–Crippen LogP) is 4.68. The van der Waals surface area contributed by atoms with Crippen LogP contribution in [0.15, 0.2) is 0 Å². The molecule has 0 aromatic carbocycles. The summed E-state index contributed by atoms with van der Waals surface area (Å²) >= 11 is 0. The summed E-state index contributed by atoms with van der Waals surface area (Å²) in [5.74, 6) is -3.90. The smallest absolute Gasteiger partial charge is 0.410 e. The molecule has 0 aliphatic carbocycles. The van der Waals surface area contributed by atoms with Crippen molar-refractivity contribution in [3.8, 4) is 0 Å². The van der Waals surface area contributed by atoms with Crippen molar-refractivity contribution < 1.29 is 27.1 Å². The molecular weight excluding hydrogens is 364 g/mol. The molecule has 2 fully saturated rings. The van der Waals surface area contributed by atoms with Gasteiger partial charge < -0.3 is 15.0 Å². The molecule has 0 aromatic rings. The molecule has 2 aliphatic heterocycles. The van der Waals surface area contributed by atoms with Gasteiger partial charge in [-0.1, -0.05) is 6.42 Å². The lowest BCUT2D eigenvalue weighted by Crippen LogP contribution is -2.50. The number of likely N-dealkylation sites (tertiary alicyclic amines) is 1. The Hall–Kier alpha value is -1.05. The first-order valence-corrected chi connectivity index (χ1v) is 9.80. The zero-order valence-corrected chi connectivity index (χ0v) is 16.5. The first-order chi connectivity index (χ1) is 12.5. The number of hydrogen-bond acceptors (Lipinski definition) is 3. The molecule has 1 amide bonds. The Labute approximate surface area is 159 Å². The van der Waals surface area contributed by atoms with Gasteiger partial charge in [0.1, 0.15) is 5.60 Å². The molecule has 0 saturated carbocycles. The first kappa shape index (κ1) is 22.2. The number of amides is 1. The lowest BCUT2D eigenvalue weighted by molar-refractivity contribution is -0.109. The highest BCUT2D eigenvalue weighted by Crippen LogP contribution is 2.43. The zero-order valence-electron chi connectivity index (χ0n) is 16.5. The number of ether oxygens (including phenoxy) is 1. The van der Waals surface area contributed by atoms with Crippen LogP contribution in [0.1, 0.15) is 59.3 Å². The van der Waals surface area contributed by atoms with Crippen molar-refractivity contribution in [3.63, 3.8) is 0 Å². The molecular formula is C19H32F4N2O2. The topological polar surface area (TPSA) is 41.6 Å². The molecule has 2 saturated heterocycles. The number of rotatable bonds is 5. The standard InChI is InChI=1S/C19H32F4N2O2/c1-17(2,3)27-16(26)25-12-9-19(22,23)14(13-25)5-4-6-18(15(20)21)7-10-24-11-8-18/h14-15,24H,4-13H2,1-3H3. The molecule has 0 aromatic heterocycles. The Kier molecular flexibility index (Phi) is 7.03. The van der Waals surface area contributed by atoms with Crippen molar-refractivity contribution in [3.05, 3.63) is 0 Å². The van der Waals surface area contributed by atoms with Gasteiger partial charge in [0.25, 0.3) is 5.92 Å². The van der Waals surface area contributed by atoms with Gasteiger partial charge >= 0.3 is 6.09 Å². The summed E-state index contributed by atoms with van der Waals surface area (Å²) in [6, 6.07) is 0. The monoisotopic (exact) mass is 396 g/mol. The minimum absolute atomic E-state index is 0.0505. The van der Waals surface area contributed by atoms with Gasteiger partial charge in [-0.25, -0.2) is 22.4 Å². The highest BCUT2D eigenvalue weighted by atomic mass is 19.3. The van der Waals surface area contributed by atoms with Gasteiger partial charge in [-0.2, -0.15) is 0 Å². The largest absolute Gasteiger partial charge is 0.444 e. The molecule has 0 spiro atoms. The number of nitrogens with zero attached hydrogens (tertiary/aromatic N) is 1. The van der Waals surface area contributed by atoms with E-state index >= 15 is 0 Å². The van der Waals surface area contributed by atoms with Crippen molar-refractivity contribution in [1.82, 2.24) is 10.2 Å². The van der Waals surface area contributed by atoms with Gasteiger partial charge in [-0.05, 0) is 59.5 Å². The van der Waals surface area contributed by atoms with Crippen LogP contribution in [-0.2, 0) is 4.74 Å². The molecule has 2 heterocycles. The predicted molar refractivity (Wildman–Crippen MR) is 95.3 cm³/mol. The van der Waals surface area contributed by atoms with Gasteiger partial charge in [-0.15, -0.1) is 0 Å². The summed E-state index contributed by atoms with van der Waals surface area (Å²) in [4.78, 5) is 13.5. The summed E-state index contributed by atoms with van der Waals surface area (Å²) in [6.07, 6.45) is -2.02. The minimum Gasteiger partial charge on any atom is -0.444 e. The van der Waals surface area contributed by atoms with Crippen LogP contribution in [0.4, 0.5) is 22.4 Å². The molecule has 1 unspecified atom stereocenters. The number of alkyl halides is 4. The van der Waals surface area contributed by atoms with Crippen molar-refractivity contribution >= 4 is 6.09 Å². The third-order valence-corrected chi connectivity index (χ3v) is 5.69. The van der Waals surface area contributed by atoms with Crippen LogP contribution in [0.3, 0.4) is 0 Å². The molecule has 2 rings (SSSR count). The van der Waals surface area contributed by atoms with Crippen molar-refractivity contribution in [2.45, 2.75) is 77.2 Å². The molecule has 4 nitrogen and oxygen atoms in total. The lowest BCUT2D eigenvalue weighted by atomic mass is 9.74. The van der Waals surface area contributed by atoms with Crippen LogP contribution < -0.4 is 5.32 Å². The lowest BCUT2D eigenvalue weighted by Gasteiger charge is -2.40. The Balaban J connectivity index is 1.93. The van der Waals surface area contributed by atoms with Gasteiger partial charge in [-0.3, -0.25) is 0 Å². The highest BCUT2D eigenvalue weighted by Gasteiger charge is 2.46. The molecule has 1 N–H and O–H groups in total. The summed E-state index contributed by atoms with van der Waals surface area (Å²) in [7, 11) is 0. The molecule has 158 valence electrons. The molecule has 8 heteroatoms. The van der Waals surface area contributed by atoms with E-state index in [2.05, 4.69) is 5.32 Å². The van der Waals surface area contributed by atoms with Crippen molar-refractivity contribution in [2.24, 2.45) is 11.3 Å². The number of carbonyl (C=O) groups excluding carboxylic acids is 1. The van der Waals surface area contributed by atoms with E-state index in [1.54, 1.807) is 20.8 Å². The zero-order chi connectivity index (χ0) is 20.3. The van der Waals surface area contributed by atoms with Gasteiger partial charge in [0.15, 0.2) is 0 Å². The third kappa shape index (κ3) is 5.96. The number of halogens is 4. The maximum absolute atomic E-state index is 14.3. The Morgan fingerprint density at radius 1 is 1.22 bits per heavy atom. The normalized spacial score (nSPS) is 25.5. The van der Waals surface area contributed by atoms with Crippen LogP contribution in [0.2, 0.25) is 0 Å². The van der Waals surface area contributed by atoms with E-state index in [0.29, 0.717) is 32.4 Å². The number of piperidine rings is 2. The number of hydrogen-bond donors (Lipinski definition) is 1. The fourth-order valence-corrected chi connectivity index (χ4v) is 3.98. The number of carbonyl (C=O) groups is 1. The van der Waals surface area contributed by atoms with Gasteiger partial charge in [0, 0.05) is 30.8 Å². The molecule has 0 radical (unpaired) electrons. The number of nitrogens with one attached hydrogen (secondary N) is 1. The summed E-state index contributed by atoms with van der Waals surface area (Å²) in [6.45, 7) is 6.11. The van der Waals surface area contributed by atoms with E-state index in [-0.39, 0.29) is 25.9 Å². The van der Waals surface area contributed by atoms with Crippen LogP contribution >= 0.6 is 0 Å². The minimum atomic E-state index is -2.88. The van der Waals surface area contributed by atoms with Crippen molar-refractivity contribution in [2.75, 3.05) is 26.2 Å². The fraction of sp³-hybridized carbons (Fsp3) is 0.947. The Bertz CT molecular complexity index is 502. The van der Waals surface area contributed by atoms with Gasteiger partial charge in [0.2, 0.25) is 6.43 Å². The summed E-state index contributed by atoms with van der Waals surface area (Å²) < 4.78 is 61.1. The van der Waals surface area contributed by atoms with Crippen LogP contribution in [0.25, 0.3) is 0 Å². The average molecular weight is 396 g/mol. The second-order valence-corrected chi connectivity index (χ2v) is 8.94. The maximum Gasteiger partial charge on any atom is 0.410 e.